The van der Waals surface area contributed by atoms with Crippen LogP contribution in [0.1, 0.15) is 0 Å². The van der Waals surface area contributed by atoms with Crippen LogP contribution < -0.4 is 4.72 Å². The number of nitrogens with one attached hydrogen (secondary N) is 1. The molecule has 1 atom stereocenters. The van der Waals surface area contributed by atoms with Crippen LogP contribution in [0.5, 0.6) is 0 Å². The minimum atomic E-state index is -4.87. The molecule has 0 bridgehead atoms. The quantitative estimate of drug-likeness (QED) is 0.768. The van der Waals surface area contributed by atoms with Crippen molar-refractivity contribution in [2.45, 2.75) is 17.2 Å². The number of alkyl halides is 3. The topological polar surface area (TPSA) is 66.4 Å². The molecule has 0 radical (unpaired) electrons. The molecule has 0 saturated heterocycles. The molecule has 0 aliphatic rings. The van der Waals surface area contributed by atoms with Gasteiger partial charge in [0, 0.05) is 6.54 Å². The number of halogens is 5. The minimum absolute atomic E-state index is 0.186. The smallest absolute Gasteiger partial charge is 0.382 e. The van der Waals surface area contributed by atoms with E-state index in [-0.39, 0.29) is 8.68 Å². The van der Waals surface area contributed by atoms with Gasteiger partial charge in [-0.05, 0) is 37.9 Å². The Balaban J connectivity index is 2.81. The Kier molecular flexibility index (Phi) is 5.23. The lowest BCUT2D eigenvalue weighted by atomic mass is 10.4. The number of hydrogen-bond donors (Lipinski definition) is 2. The van der Waals surface area contributed by atoms with Crippen LogP contribution in [-0.2, 0) is 10.0 Å². The molecule has 0 fully saturated rings. The van der Waals surface area contributed by atoms with Gasteiger partial charge in [0.25, 0.3) is 0 Å². The molecule has 2 N–H and O–H groups in total. The fourth-order valence-electron chi connectivity index (χ4n) is 0.891. The maximum Gasteiger partial charge on any atom is 0.415 e. The van der Waals surface area contributed by atoms with Gasteiger partial charge in [-0.25, -0.2) is 13.1 Å². The molecule has 0 spiro atoms. The van der Waals surface area contributed by atoms with Crippen molar-refractivity contribution in [3.05, 3.63) is 13.6 Å². The van der Waals surface area contributed by atoms with Gasteiger partial charge in [-0.1, -0.05) is 0 Å². The SMILES string of the molecule is O=S(=O)(NCC(O)C(F)(F)F)c1cc(Br)sc1Br. The van der Waals surface area contributed by atoms with Crippen molar-refractivity contribution in [3.63, 3.8) is 0 Å². The standard InChI is InChI=1S/C7H6Br2F3NO3S2/c8-5-1-3(6(9)17-5)18(15,16)13-2-4(14)7(10,11)12/h1,4,13-14H,2H2. The molecule has 4 nitrogen and oxygen atoms in total. The van der Waals surface area contributed by atoms with Gasteiger partial charge in [0.05, 0.1) is 7.57 Å². The first-order valence-electron chi connectivity index (χ1n) is 4.23. The molecule has 1 aromatic heterocycles. The summed E-state index contributed by atoms with van der Waals surface area (Å²) in [5.74, 6) is 0. The summed E-state index contributed by atoms with van der Waals surface area (Å²) in [7, 11) is -4.10. The average Bonchev–Trinajstić information content (AvgIpc) is 2.53. The molecule has 11 heteroatoms. The van der Waals surface area contributed by atoms with Crippen LogP contribution in [0.4, 0.5) is 13.2 Å². The van der Waals surface area contributed by atoms with Crippen LogP contribution in [0.2, 0.25) is 0 Å². The zero-order valence-electron chi connectivity index (χ0n) is 8.33. The zero-order valence-corrected chi connectivity index (χ0v) is 13.1. The molecular weight excluding hydrogens is 427 g/mol. The third-order valence-corrected chi connectivity index (χ3v) is 5.94. The van der Waals surface area contributed by atoms with Crippen molar-refractivity contribution in [1.82, 2.24) is 4.72 Å². The third-order valence-electron chi connectivity index (χ3n) is 1.76. The van der Waals surface area contributed by atoms with Gasteiger partial charge in [-0.3, -0.25) is 0 Å². The zero-order chi connectivity index (χ0) is 14.1. The normalized spacial score (nSPS) is 14.8. The number of aliphatic hydroxyl groups is 1. The van der Waals surface area contributed by atoms with Gasteiger partial charge < -0.3 is 5.11 Å². The average molecular weight is 433 g/mol. The highest BCUT2D eigenvalue weighted by atomic mass is 79.9. The van der Waals surface area contributed by atoms with Gasteiger partial charge in [0.2, 0.25) is 10.0 Å². The van der Waals surface area contributed by atoms with Crippen LogP contribution in [0.15, 0.2) is 18.5 Å². The predicted molar refractivity (Wildman–Crippen MR) is 67.0 cm³/mol. The Labute approximate surface area is 122 Å². The number of hydrogen-bond acceptors (Lipinski definition) is 4. The van der Waals surface area contributed by atoms with Gasteiger partial charge in [-0.2, -0.15) is 13.2 Å². The first kappa shape index (κ1) is 16.4. The maximum absolute atomic E-state index is 12.0. The monoisotopic (exact) mass is 431 g/mol. The van der Waals surface area contributed by atoms with E-state index in [1.807, 2.05) is 0 Å². The van der Waals surface area contributed by atoms with Crippen molar-refractivity contribution in [2.24, 2.45) is 0 Å². The Morgan fingerprint density at radius 2 is 2.00 bits per heavy atom. The minimum Gasteiger partial charge on any atom is -0.382 e. The highest BCUT2D eigenvalue weighted by Crippen LogP contribution is 2.34. The lowest BCUT2D eigenvalue weighted by Crippen LogP contribution is -2.40. The van der Waals surface area contributed by atoms with Crippen molar-refractivity contribution in [1.29, 1.82) is 0 Å². The van der Waals surface area contributed by atoms with E-state index in [2.05, 4.69) is 31.9 Å². The summed E-state index contributed by atoms with van der Waals surface area (Å²) in [5.41, 5.74) is 0. The van der Waals surface area contributed by atoms with Crippen LogP contribution in [0.3, 0.4) is 0 Å². The van der Waals surface area contributed by atoms with E-state index in [0.717, 1.165) is 11.3 Å². The molecule has 1 aromatic rings. The van der Waals surface area contributed by atoms with Crippen LogP contribution >= 0.6 is 43.2 Å². The van der Waals surface area contributed by atoms with Crippen molar-refractivity contribution < 1.29 is 26.7 Å². The summed E-state index contributed by atoms with van der Waals surface area (Å²) in [5, 5.41) is 8.70. The van der Waals surface area contributed by atoms with E-state index in [4.69, 9.17) is 5.11 Å². The molecule has 0 aliphatic heterocycles. The Morgan fingerprint density at radius 1 is 1.44 bits per heavy atom. The Morgan fingerprint density at radius 3 is 2.39 bits per heavy atom. The molecule has 1 unspecified atom stereocenters. The van der Waals surface area contributed by atoms with E-state index >= 15 is 0 Å². The molecule has 1 heterocycles. The van der Waals surface area contributed by atoms with E-state index in [0.29, 0.717) is 3.79 Å². The Hall–Kier alpha value is 0.320. The molecule has 0 saturated carbocycles. The molecule has 0 aliphatic carbocycles. The summed E-state index contributed by atoms with van der Waals surface area (Å²) in [6.07, 6.45) is -7.61. The largest absolute Gasteiger partial charge is 0.415 e. The molecule has 18 heavy (non-hydrogen) atoms. The number of thiophene rings is 1. The summed E-state index contributed by atoms with van der Waals surface area (Å²) in [4.78, 5) is -0.186. The van der Waals surface area contributed by atoms with E-state index in [1.165, 1.54) is 6.07 Å². The third kappa shape index (κ3) is 4.17. The molecule has 0 aromatic carbocycles. The van der Waals surface area contributed by atoms with Gasteiger partial charge >= 0.3 is 6.18 Å². The highest BCUT2D eigenvalue weighted by Gasteiger charge is 2.38. The first-order chi connectivity index (χ1) is 8.04. The molecular formula is C7H6Br2F3NO3S2. The van der Waals surface area contributed by atoms with Gasteiger partial charge in [-0.15, -0.1) is 11.3 Å². The first-order valence-corrected chi connectivity index (χ1v) is 8.12. The summed E-state index contributed by atoms with van der Waals surface area (Å²) in [6, 6.07) is 1.25. The fourth-order valence-corrected chi connectivity index (χ4v) is 5.74. The highest BCUT2D eigenvalue weighted by molar-refractivity contribution is 9.12. The maximum atomic E-state index is 12.0. The summed E-state index contributed by atoms with van der Waals surface area (Å²) in [6.45, 7) is -1.13. The summed E-state index contributed by atoms with van der Waals surface area (Å²) < 4.78 is 61.8. The number of rotatable bonds is 4. The van der Waals surface area contributed by atoms with Crippen molar-refractivity contribution in [3.8, 4) is 0 Å². The van der Waals surface area contributed by atoms with E-state index < -0.39 is 28.8 Å². The second kappa shape index (κ2) is 5.75. The fraction of sp³-hybridized carbons (Fsp3) is 0.429. The Bertz CT molecular complexity index is 529. The lowest BCUT2D eigenvalue weighted by molar-refractivity contribution is -0.200. The number of aliphatic hydroxyl groups excluding tert-OH is 1. The van der Waals surface area contributed by atoms with Gasteiger partial charge in [0.15, 0.2) is 6.10 Å². The van der Waals surface area contributed by atoms with Gasteiger partial charge in [0.1, 0.15) is 4.90 Å². The lowest BCUT2D eigenvalue weighted by Gasteiger charge is -2.14. The summed E-state index contributed by atoms with van der Waals surface area (Å²) >= 11 is 7.10. The number of sulfonamides is 1. The van der Waals surface area contributed by atoms with Crippen molar-refractivity contribution >= 4 is 53.2 Å². The predicted octanol–water partition coefficient (Wildman–Crippen LogP) is 2.47. The molecule has 104 valence electrons. The van der Waals surface area contributed by atoms with Crippen LogP contribution in [0, 0.1) is 0 Å². The van der Waals surface area contributed by atoms with Crippen LogP contribution in [0.25, 0.3) is 0 Å². The van der Waals surface area contributed by atoms with E-state index in [1.54, 1.807) is 4.72 Å². The second-order valence-corrected chi connectivity index (χ2v) is 8.58. The van der Waals surface area contributed by atoms with Crippen LogP contribution in [-0.4, -0.2) is 32.3 Å². The second-order valence-electron chi connectivity index (χ2n) is 3.10. The van der Waals surface area contributed by atoms with E-state index in [9.17, 15) is 21.6 Å². The van der Waals surface area contributed by atoms with Crippen molar-refractivity contribution in [2.75, 3.05) is 6.54 Å². The molecule has 0 amide bonds. The molecule has 1 rings (SSSR count).